The van der Waals surface area contributed by atoms with Crippen molar-refractivity contribution >= 4 is 16.8 Å². The van der Waals surface area contributed by atoms with Gasteiger partial charge in [0.2, 0.25) is 0 Å². The number of benzene rings is 1. The van der Waals surface area contributed by atoms with E-state index in [1.165, 1.54) is 6.42 Å². The Morgan fingerprint density at radius 1 is 1.17 bits per heavy atom. The molecule has 1 aromatic heterocycles. The van der Waals surface area contributed by atoms with Gasteiger partial charge in [-0.25, -0.2) is 0 Å². The van der Waals surface area contributed by atoms with Gasteiger partial charge in [-0.2, -0.15) is 0 Å². The van der Waals surface area contributed by atoms with Crippen LogP contribution in [-0.2, 0) is 6.54 Å². The summed E-state index contributed by atoms with van der Waals surface area (Å²) in [5.74, 6) is 1.35. The predicted octanol–water partition coefficient (Wildman–Crippen LogP) is 3.32. The number of nitrogens with zero attached hydrogens (tertiary/aromatic N) is 3. The number of rotatable bonds is 4. The SMILES string of the molecule is CC1CC(C)CN(C(=O)c2cn(CCN(C)C)c3ccccc23)C1. The van der Waals surface area contributed by atoms with Crippen molar-refractivity contribution < 1.29 is 4.79 Å². The van der Waals surface area contributed by atoms with Gasteiger partial charge in [-0.1, -0.05) is 32.0 Å². The lowest BCUT2D eigenvalue weighted by Gasteiger charge is -2.35. The molecule has 1 fully saturated rings. The Bertz CT molecular complexity index is 709. The molecular formula is C20H29N3O. The van der Waals surface area contributed by atoms with Crippen LogP contribution in [0, 0.1) is 11.8 Å². The molecule has 0 N–H and O–H groups in total. The van der Waals surface area contributed by atoms with Crippen LogP contribution in [0.3, 0.4) is 0 Å². The molecule has 0 radical (unpaired) electrons. The van der Waals surface area contributed by atoms with Crippen LogP contribution in [0.4, 0.5) is 0 Å². The van der Waals surface area contributed by atoms with Gasteiger partial charge in [-0.15, -0.1) is 0 Å². The van der Waals surface area contributed by atoms with Crippen molar-refractivity contribution in [2.24, 2.45) is 11.8 Å². The first kappa shape index (κ1) is 17.0. The van der Waals surface area contributed by atoms with Gasteiger partial charge in [0.05, 0.1) is 5.56 Å². The second kappa shape index (κ2) is 6.98. The molecule has 0 bridgehead atoms. The van der Waals surface area contributed by atoms with E-state index in [2.05, 4.69) is 60.6 Å². The number of hydrogen-bond acceptors (Lipinski definition) is 2. The molecule has 0 saturated carbocycles. The maximum atomic E-state index is 13.2. The largest absolute Gasteiger partial charge is 0.345 e. The minimum Gasteiger partial charge on any atom is -0.345 e. The highest BCUT2D eigenvalue weighted by molar-refractivity contribution is 6.07. The number of piperidine rings is 1. The maximum Gasteiger partial charge on any atom is 0.256 e. The molecule has 4 nitrogen and oxygen atoms in total. The summed E-state index contributed by atoms with van der Waals surface area (Å²) < 4.78 is 2.22. The van der Waals surface area contributed by atoms with Crippen molar-refractivity contribution in [3.8, 4) is 0 Å². The number of likely N-dealkylation sites (N-methyl/N-ethyl adjacent to an activating group) is 1. The normalized spacial score (nSPS) is 21.6. The lowest BCUT2D eigenvalue weighted by molar-refractivity contribution is 0.0625. The Hall–Kier alpha value is -1.81. The van der Waals surface area contributed by atoms with Crippen molar-refractivity contribution in [3.63, 3.8) is 0 Å². The molecule has 1 aliphatic rings. The third-order valence-electron chi connectivity index (χ3n) is 4.96. The topological polar surface area (TPSA) is 28.5 Å². The lowest BCUT2D eigenvalue weighted by atomic mass is 9.91. The minimum atomic E-state index is 0.188. The summed E-state index contributed by atoms with van der Waals surface area (Å²) in [6, 6.07) is 8.26. The van der Waals surface area contributed by atoms with Crippen LogP contribution < -0.4 is 0 Å². The molecular weight excluding hydrogens is 298 g/mol. The van der Waals surface area contributed by atoms with E-state index in [0.29, 0.717) is 11.8 Å². The fourth-order valence-corrected chi connectivity index (χ4v) is 3.91. The molecule has 2 unspecified atom stereocenters. The molecule has 4 heteroatoms. The standard InChI is InChI=1S/C20H29N3O/c1-15-11-16(2)13-23(12-15)20(24)18-14-22(10-9-21(3)4)19-8-6-5-7-17(18)19/h5-8,14-16H,9-13H2,1-4H3. The number of carbonyl (C=O) groups excluding carboxylic acids is 1. The van der Waals surface area contributed by atoms with Gasteiger partial charge in [0.25, 0.3) is 5.91 Å². The number of amides is 1. The van der Waals surface area contributed by atoms with Crippen LogP contribution in [0.5, 0.6) is 0 Å². The van der Waals surface area contributed by atoms with Gasteiger partial charge < -0.3 is 14.4 Å². The zero-order valence-electron chi connectivity index (χ0n) is 15.3. The minimum absolute atomic E-state index is 0.188. The lowest BCUT2D eigenvalue weighted by Crippen LogP contribution is -2.42. The van der Waals surface area contributed by atoms with Crippen LogP contribution in [0.15, 0.2) is 30.5 Å². The molecule has 2 atom stereocenters. The number of likely N-dealkylation sites (tertiary alicyclic amines) is 1. The Morgan fingerprint density at radius 3 is 2.50 bits per heavy atom. The van der Waals surface area contributed by atoms with Crippen LogP contribution in [0.25, 0.3) is 10.9 Å². The predicted molar refractivity (Wildman–Crippen MR) is 99.3 cm³/mol. The van der Waals surface area contributed by atoms with Gasteiger partial charge in [-0.3, -0.25) is 4.79 Å². The smallest absolute Gasteiger partial charge is 0.256 e. The quantitative estimate of drug-likeness (QED) is 0.862. The first-order valence-corrected chi connectivity index (χ1v) is 8.97. The second-order valence-electron chi connectivity index (χ2n) is 7.71. The Kier molecular flexibility index (Phi) is 4.95. The molecule has 0 aliphatic carbocycles. The van der Waals surface area contributed by atoms with E-state index in [9.17, 15) is 4.79 Å². The maximum absolute atomic E-state index is 13.2. The number of hydrogen-bond donors (Lipinski definition) is 0. The zero-order chi connectivity index (χ0) is 17.3. The average Bonchev–Trinajstić information content (AvgIpc) is 2.90. The summed E-state index contributed by atoms with van der Waals surface area (Å²) in [7, 11) is 4.16. The third-order valence-corrected chi connectivity index (χ3v) is 4.96. The van der Waals surface area contributed by atoms with Crippen molar-refractivity contribution in [1.82, 2.24) is 14.4 Å². The van der Waals surface area contributed by atoms with Crippen LogP contribution in [0.1, 0.15) is 30.6 Å². The van der Waals surface area contributed by atoms with E-state index in [-0.39, 0.29) is 5.91 Å². The Balaban J connectivity index is 1.92. The van der Waals surface area contributed by atoms with Crippen LogP contribution in [0.2, 0.25) is 0 Å². The van der Waals surface area contributed by atoms with Crippen LogP contribution in [-0.4, -0.2) is 54.0 Å². The van der Waals surface area contributed by atoms with Crippen molar-refractivity contribution in [1.29, 1.82) is 0 Å². The highest BCUT2D eigenvalue weighted by Gasteiger charge is 2.27. The molecule has 1 aromatic carbocycles. The Labute approximate surface area is 145 Å². The van der Waals surface area contributed by atoms with E-state index in [1.54, 1.807) is 0 Å². The first-order valence-electron chi connectivity index (χ1n) is 8.97. The van der Waals surface area contributed by atoms with E-state index >= 15 is 0 Å². The molecule has 3 rings (SSSR count). The van der Waals surface area contributed by atoms with Gasteiger partial charge in [-0.05, 0) is 38.4 Å². The molecule has 2 aromatic rings. The third kappa shape index (κ3) is 3.48. The molecule has 1 amide bonds. The molecule has 0 spiro atoms. The number of para-hydroxylation sites is 1. The van der Waals surface area contributed by atoms with E-state index in [0.717, 1.165) is 42.6 Å². The number of aromatic nitrogens is 1. The van der Waals surface area contributed by atoms with Gasteiger partial charge in [0.1, 0.15) is 0 Å². The van der Waals surface area contributed by atoms with E-state index in [1.807, 2.05) is 12.1 Å². The van der Waals surface area contributed by atoms with Crippen LogP contribution >= 0.6 is 0 Å². The van der Waals surface area contributed by atoms with E-state index in [4.69, 9.17) is 0 Å². The fraction of sp³-hybridized carbons (Fsp3) is 0.550. The molecule has 24 heavy (non-hydrogen) atoms. The summed E-state index contributed by atoms with van der Waals surface area (Å²) in [6.45, 7) is 8.10. The highest BCUT2D eigenvalue weighted by atomic mass is 16.2. The highest BCUT2D eigenvalue weighted by Crippen LogP contribution is 2.26. The summed E-state index contributed by atoms with van der Waals surface area (Å²) in [5, 5.41) is 1.08. The molecule has 2 heterocycles. The molecule has 1 aliphatic heterocycles. The Morgan fingerprint density at radius 2 is 1.83 bits per heavy atom. The molecule has 130 valence electrons. The zero-order valence-corrected chi connectivity index (χ0v) is 15.3. The second-order valence-corrected chi connectivity index (χ2v) is 7.71. The summed E-state index contributed by atoms with van der Waals surface area (Å²) >= 11 is 0. The summed E-state index contributed by atoms with van der Waals surface area (Å²) in [4.78, 5) is 17.4. The van der Waals surface area contributed by atoms with E-state index < -0.39 is 0 Å². The van der Waals surface area contributed by atoms with Crippen molar-refractivity contribution in [2.45, 2.75) is 26.8 Å². The van der Waals surface area contributed by atoms with Gasteiger partial charge in [0, 0.05) is 43.3 Å². The summed E-state index contributed by atoms with van der Waals surface area (Å²) in [5.41, 5.74) is 2.01. The van der Waals surface area contributed by atoms with Crippen molar-refractivity contribution in [2.75, 3.05) is 33.7 Å². The van der Waals surface area contributed by atoms with Gasteiger partial charge in [0.15, 0.2) is 0 Å². The average molecular weight is 327 g/mol. The number of carbonyl (C=O) groups is 1. The van der Waals surface area contributed by atoms with Crippen molar-refractivity contribution in [3.05, 3.63) is 36.0 Å². The first-order chi connectivity index (χ1) is 11.5. The monoisotopic (exact) mass is 327 g/mol. The fourth-order valence-electron chi connectivity index (χ4n) is 3.91. The summed E-state index contributed by atoms with van der Waals surface area (Å²) in [6.07, 6.45) is 3.27. The van der Waals surface area contributed by atoms with Gasteiger partial charge >= 0.3 is 0 Å². The number of fused-ring (bicyclic) bond motifs is 1. The molecule has 1 saturated heterocycles.